The van der Waals surface area contributed by atoms with E-state index in [9.17, 15) is 9.32 Å². The van der Waals surface area contributed by atoms with E-state index in [4.69, 9.17) is 0 Å². The van der Waals surface area contributed by atoms with Gasteiger partial charge in [-0.3, -0.25) is 4.21 Å². The van der Waals surface area contributed by atoms with Gasteiger partial charge in [-0.25, -0.2) is 0 Å². The number of phenols is 1. The Balaban J connectivity index is 0.000000379. The van der Waals surface area contributed by atoms with Crippen LogP contribution in [0.1, 0.15) is 5.56 Å². The molecule has 0 fully saturated rings. The number of benzene rings is 2. The zero-order valence-electron chi connectivity index (χ0n) is 14.9. The van der Waals surface area contributed by atoms with Crippen LogP contribution in [0.2, 0.25) is 0 Å². The van der Waals surface area contributed by atoms with E-state index in [2.05, 4.69) is 0 Å². The molecule has 4 aromatic rings. The number of rotatable bonds is 3. The van der Waals surface area contributed by atoms with Gasteiger partial charge < -0.3 is 35.4 Å². The Bertz CT molecular complexity index is 953. The summed E-state index contributed by atoms with van der Waals surface area (Å²) in [5, 5.41) is 10.00. The quantitative estimate of drug-likeness (QED) is 0.346. The summed E-state index contributed by atoms with van der Waals surface area (Å²) in [6.45, 7) is 2.00. The summed E-state index contributed by atoms with van der Waals surface area (Å²) in [5.74, 6) is 0.200. The molecule has 0 heterocycles. The molecule has 0 bridgehead atoms. The van der Waals surface area contributed by atoms with Gasteiger partial charge in [0.25, 0.3) is 0 Å². The molecular weight excluding hydrogens is 396 g/mol. The third kappa shape index (κ3) is 5.30. The molecule has 4 heteroatoms. The third-order valence-corrected chi connectivity index (χ3v) is 5.42. The third-order valence-electron chi connectivity index (χ3n) is 3.96. The Morgan fingerprint density at radius 2 is 1.44 bits per heavy atom. The molecule has 1 unspecified atom stereocenters. The number of para-hydroxylation sites is 1. The Labute approximate surface area is 173 Å². The van der Waals surface area contributed by atoms with E-state index >= 15 is 0 Å². The average molecular weight is 416 g/mol. The first-order valence-electron chi connectivity index (χ1n) is 8.36. The predicted octanol–water partition coefficient (Wildman–Crippen LogP) is 5.66. The molecule has 0 aliphatic carbocycles. The molecule has 0 saturated heterocycles. The van der Waals surface area contributed by atoms with E-state index in [1.54, 1.807) is 12.1 Å². The van der Waals surface area contributed by atoms with Gasteiger partial charge in [-0.15, -0.1) is 18.2 Å². The minimum absolute atomic E-state index is 0. The molecule has 0 saturated carbocycles. The second-order valence-electron chi connectivity index (χ2n) is 5.86. The van der Waals surface area contributed by atoms with Crippen LogP contribution in [0.4, 0.5) is 0 Å². The number of phenolic OH excluding ortho intramolecular Hbond substituents is 1. The largest absolute Gasteiger partial charge is 0.748 e. The summed E-state index contributed by atoms with van der Waals surface area (Å²) in [4.78, 5) is 1.49. The molecule has 2 nitrogen and oxygen atoms in total. The van der Waals surface area contributed by atoms with Gasteiger partial charge in [-0.2, -0.15) is 6.07 Å². The van der Waals surface area contributed by atoms with Gasteiger partial charge in [0.15, 0.2) is 0 Å². The number of aromatic hydroxyl groups is 1. The zero-order valence-corrected chi connectivity index (χ0v) is 16.8. The maximum absolute atomic E-state index is 12.8. The first kappa shape index (κ1) is 20.9. The molecule has 0 aliphatic rings. The van der Waals surface area contributed by atoms with Crippen LogP contribution >= 0.6 is 0 Å². The van der Waals surface area contributed by atoms with E-state index in [0.717, 1.165) is 20.9 Å². The minimum atomic E-state index is -1.26. The van der Waals surface area contributed by atoms with Crippen molar-refractivity contribution >= 4 is 10.8 Å². The van der Waals surface area contributed by atoms with Crippen LogP contribution in [0, 0.1) is 6.92 Å². The van der Waals surface area contributed by atoms with Crippen molar-refractivity contribution in [3.05, 3.63) is 103 Å². The van der Waals surface area contributed by atoms with Crippen molar-refractivity contribution in [1.29, 1.82) is 0 Å². The predicted molar refractivity (Wildman–Crippen MR) is 107 cm³/mol. The summed E-state index contributed by atoms with van der Waals surface area (Å²) >= 11 is 0. The van der Waals surface area contributed by atoms with Crippen molar-refractivity contribution in [1.82, 2.24) is 0 Å². The summed E-state index contributed by atoms with van der Waals surface area (Å²) in [6, 6.07) is 30.4. The fourth-order valence-electron chi connectivity index (χ4n) is 2.60. The van der Waals surface area contributed by atoms with Gasteiger partial charge in [-0.1, -0.05) is 47.0 Å². The van der Waals surface area contributed by atoms with Crippen molar-refractivity contribution in [3.63, 3.8) is 0 Å². The molecule has 0 aliphatic heterocycles. The standard InChI is InChI=1S/C18H15O2S.C5H5.Fe/c1-13-9-11-14(12-10-13)21(20)18-8-4-6-16(18)15-5-2-3-7-17(15)19;1-2-4-5-3-1;/h2-12,19H,1H3;1-5H;/q-1;-5;. The van der Waals surface area contributed by atoms with Crippen molar-refractivity contribution < 1.29 is 26.4 Å². The molecule has 0 spiro atoms. The van der Waals surface area contributed by atoms with Crippen molar-refractivity contribution in [2.45, 2.75) is 16.7 Å². The van der Waals surface area contributed by atoms with E-state index in [1.165, 1.54) is 0 Å². The van der Waals surface area contributed by atoms with E-state index in [0.29, 0.717) is 5.56 Å². The molecule has 0 radical (unpaired) electrons. The molecule has 0 aromatic heterocycles. The molecule has 27 heavy (non-hydrogen) atoms. The topological polar surface area (TPSA) is 37.3 Å². The maximum Gasteiger partial charge on any atom is 0.0698 e. The summed E-state index contributed by atoms with van der Waals surface area (Å²) in [7, 11) is -1.26. The Morgan fingerprint density at radius 3 is 2.04 bits per heavy atom. The number of aryl methyl sites for hydroxylation is 1. The van der Waals surface area contributed by atoms with E-state index in [-0.39, 0.29) is 22.8 Å². The fraction of sp³-hybridized carbons (Fsp3) is 0.0435. The number of hydrogen-bond acceptors (Lipinski definition) is 2. The number of hydrogen-bond donors (Lipinski definition) is 1. The summed E-state index contributed by atoms with van der Waals surface area (Å²) < 4.78 is 12.8. The maximum atomic E-state index is 12.8. The Morgan fingerprint density at radius 1 is 0.852 bits per heavy atom. The summed E-state index contributed by atoms with van der Waals surface area (Å²) in [5.41, 5.74) is 2.66. The van der Waals surface area contributed by atoms with Crippen LogP contribution in [0.3, 0.4) is 0 Å². The minimum Gasteiger partial charge on any atom is -0.748 e. The second-order valence-corrected chi connectivity index (χ2v) is 7.31. The van der Waals surface area contributed by atoms with Crippen LogP contribution in [0.15, 0.2) is 107 Å². The Hall–Kier alpha value is -2.39. The first-order valence-corrected chi connectivity index (χ1v) is 9.51. The van der Waals surface area contributed by atoms with Gasteiger partial charge >= 0.3 is 0 Å². The van der Waals surface area contributed by atoms with Gasteiger partial charge in [0.05, 0.1) is 16.5 Å². The molecule has 1 atom stereocenters. The second kappa shape index (κ2) is 10.1. The normalized spacial score (nSPS) is 11.0. The van der Waals surface area contributed by atoms with E-state index < -0.39 is 10.8 Å². The van der Waals surface area contributed by atoms with Crippen LogP contribution in [-0.2, 0) is 27.9 Å². The zero-order chi connectivity index (χ0) is 18.4. The molecule has 1 N–H and O–H groups in total. The fourth-order valence-corrected chi connectivity index (χ4v) is 3.82. The SMILES string of the molecule is Cc1ccc(S(=O)c2ccc[c-]2-c2ccccc2O)cc1.[Fe].[cH-]1[cH-][cH-][cH-][cH-]1. The molecule has 144 valence electrons. The van der Waals surface area contributed by atoms with Crippen LogP contribution < -0.4 is 0 Å². The molecule has 0 amide bonds. The van der Waals surface area contributed by atoms with Gasteiger partial charge in [0, 0.05) is 22.0 Å². The van der Waals surface area contributed by atoms with Crippen molar-refractivity contribution in [2.75, 3.05) is 0 Å². The smallest absolute Gasteiger partial charge is 0.0698 e. The average Bonchev–Trinajstić information content (AvgIpc) is 3.37. The molecule has 4 aromatic carbocycles. The van der Waals surface area contributed by atoms with Gasteiger partial charge in [-0.05, 0) is 24.0 Å². The first-order chi connectivity index (χ1) is 12.7. The van der Waals surface area contributed by atoms with Crippen molar-refractivity contribution in [3.8, 4) is 16.9 Å². The van der Waals surface area contributed by atoms with Crippen LogP contribution in [-0.4, -0.2) is 9.32 Å². The molecular formula is C23H20FeO2S-6. The van der Waals surface area contributed by atoms with E-state index in [1.807, 2.05) is 91.9 Å². The van der Waals surface area contributed by atoms with Gasteiger partial charge in [0.1, 0.15) is 0 Å². The van der Waals surface area contributed by atoms with Crippen LogP contribution in [0.5, 0.6) is 5.75 Å². The van der Waals surface area contributed by atoms with Gasteiger partial charge in [0.2, 0.25) is 0 Å². The molecule has 4 rings (SSSR count). The summed E-state index contributed by atoms with van der Waals surface area (Å²) in [6.07, 6.45) is 0. The van der Waals surface area contributed by atoms with Crippen molar-refractivity contribution in [2.24, 2.45) is 0 Å². The Kier molecular flexibility index (Phi) is 7.81. The monoisotopic (exact) mass is 416 g/mol. The van der Waals surface area contributed by atoms with Crippen LogP contribution in [0.25, 0.3) is 11.1 Å².